The predicted molar refractivity (Wildman–Crippen MR) is 115 cm³/mol. The number of carbonyl (C=O) groups is 4. The summed E-state index contributed by atoms with van der Waals surface area (Å²) in [5, 5.41) is 24.3. The summed E-state index contributed by atoms with van der Waals surface area (Å²) in [6.45, 7) is 0. The molecule has 2 aromatic rings. The molecule has 0 heterocycles. The molecule has 1 saturated carbocycles. The second-order valence-electron chi connectivity index (χ2n) is 7.20. The van der Waals surface area contributed by atoms with E-state index in [0.29, 0.717) is 22.5 Å². The van der Waals surface area contributed by atoms with Crippen LogP contribution in [0.15, 0.2) is 48.5 Å². The molecule has 32 heavy (non-hydrogen) atoms. The number of carboxylic acids is 2. The van der Waals surface area contributed by atoms with Crippen LogP contribution in [0.3, 0.4) is 0 Å². The van der Waals surface area contributed by atoms with Crippen molar-refractivity contribution in [1.82, 2.24) is 0 Å². The molecule has 0 atom stereocenters. The molecule has 1 aliphatic rings. The Labute approximate surface area is 183 Å². The molecule has 2 aromatic carbocycles. The highest BCUT2D eigenvalue weighted by Crippen LogP contribution is 2.48. The molecule has 2 amide bonds. The maximum atomic E-state index is 12.7. The first kappa shape index (κ1) is 22.1. The minimum Gasteiger partial charge on any atom is -0.481 e. The third kappa shape index (κ3) is 4.30. The van der Waals surface area contributed by atoms with Gasteiger partial charge in [0.15, 0.2) is 0 Å². The summed E-state index contributed by atoms with van der Waals surface area (Å²) in [5.41, 5.74) is 1.79. The van der Waals surface area contributed by atoms with E-state index < -0.39 is 47.4 Å². The van der Waals surface area contributed by atoms with Gasteiger partial charge in [-0.2, -0.15) is 0 Å². The van der Waals surface area contributed by atoms with Gasteiger partial charge >= 0.3 is 11.9 Å². The third-order valence-corrected chi connectivity index (χ3v) is 5.36. The molecule has 0 saturated heterocycles. The van der Waals surface area contributed by atoms with Crippen molar-refractivity contribution in [2.75, 3.05) is 10.6 Å². The molecule has 0 bridgehead atoms. The quantitative estimate of drug-likeness (QED) is 0.517. The number of rotatable bonds is 6. The summed E-state index contributed by atoms with van der Waals surface area (Å²) in [5.74, 6) is -5.53. The van der Waals surface area contributed by atoms with E-state index in [2.05, 4.69) is 22.5 Å². The number of amides is 2. The Kier molecular flexibility index (Phi) is 6.27. The van der Waals surface area contributed by atoms with Crippen molar-refractivity contribution in [3.63, 3.8) is 0 Å². The molecule has 160 valence electrons. The van der Waals surface area contributed by atoms with E-state index in [1.54, 1.807) is 24.3 Å². The van der Waals surface area contributed by atoms with E-state index in [4.69, 9.17) is 12.8 Å². The molecule has 3 rings (SSSR count). The lowest BCUT2D eigenvalue weighted by molar-refractivity contribution is -0.178. The normalized spacial score (nSPS) is 21.2. The first-order valence-electron chi connectivity index (χ1n) is 9.47. The van der Waals surface area contributed by atoms with Gasteiger partial charge in [0.2, 0.25) is 11.8 Å². The number of benzene rings is 2. The van der Waals surface area contributed by atoms with Crippen LogP contribution < -0.4 is 10.6 Å². The fourth-order valence-electron chi connectivity index (χ4n) is 3.77. The minimum absolute atomic E-state index is 0.323. The van der Waals surface area contributed by atoms with Crippen LogP contribution in [-0.2, 0) is 19.2 Å². The van der Waals surface area contributed by atoms with E-state index in [1.165, 1.54) is 24.3 Å². The van der Waals surface area contributed by atoms with Crippen molar-refractivity contribution in [3.05, 3.63) is 59.7 Å². The van der Waals surface area contributed by atoms with Crippen molar-refractivity contribution >= 4 is 35.1 Å². The highest BCUT2D eigenvalue weighted by molar-refractivity contribution is 6.06. The lowest BCUT2D eigenvalue weighted by Gasteiger charge is -2.45. The smallest absolute Gasteiger partial charge is 0.308 e. The van der Waals surface area contributed by atoms with Gasteiger partial charge in [0.05, 0.1) is 23.7 Å². The standard InChI is InChI=1S/C24H18N2O6/c1-3-13-5-9-15(10-6-13)25-21(27)17-19(23(29)30)18(20(17)24(31)32)22(28)26-16-11-7-14(4-2)8-12-16/h1-2,5-12,17-20H,(H,25,27)(H,26,28)(H,29,30)(H,31,32). The molecule has 1 aliphatic carbocycles. The van der Waals surface area contributed by atoms with Gasteiger partial charge < -0.3 is 20.8 Å². The lowest BCUT2D eigenvalue weighted by Crippen LogP contribution is -2.61. The Balaban J connectivity index is 1.81. The van der Waals surface area contributed by atoms with Gasteiger partial charge in [-0.3, -0.25) is 19.2 Å². The summed E-state index contributed by atoms with van der Waals surface area (Å²) < 4.78 is 0. The number of nitrogens with one attached hydrogen (secondary N) is 2. The van der Waals surface area contributed by atoms with Gasteiger partial charge in [-0.25, -0.2) is 0 Å². The molecule has 0 radical (unpaired) electrons. The van der Waals surface area contributed by atoms with Gasteiger partial charge in [-0.1, -0.05) is 11.8 Å². The van der Waals surface area contributed by atoms with Gasteiger partial charge in [0.25, 0.3) is 0 Å². The van der Waals surface area contributed by atoms with Crippen LogP contribution in [-0.4, -0.2) is 34.0 Å². The number of carboxylic acid groups (broad SMARTS) is 2. The van der Waals surface area contributed by atoms with E-state index >= 15 is 0 Å². The summed E-state index contributed by atoms with van der Waals surface area (Å²) in [4.78, 5) is 49.2. The summed E-state index contributed by atoms with van der Waals surface area (Å²) in [7, 11) is 0. The van der Waals surface area contributed by atoms with Crippen molar-refractivity contribution in [2.45, 2.75) is 0 Å². The van der Waals surface area contributed by atoms with Crippen LogP contribution in [0.2, 0.25) is 0 Å². The first-order chi connectivity index (χ1) is 15.3. The Bertz CT molecular complexity index is 1050. The number of hydrogen-bond donors (Lipinski definition) is 4. The molecule has 4 N–H and O–H groups in total. The van der Waals surface area contributed by atoms with Crippen molar-refractivity contribution in [1.29, 1.82) is 0 Å². The van der Waals surface area contributed by atoms with Crippen molar-refractivity contribution < 1.29 is 29.4 Å². The van der Waals surface area contributed by atoms with Gasteiger partial charge in [0.1, 0.15) is 0 Å². The predicted octanol–water partition coefficient (Wildman–Crippen LogP) is 1.87. The Morgan fingerprint density at radius 2 is 0.938 bits per heavy atom. The fraction of sp³-hybridized carbons (Fsp3) is 0.167. The van der Waals surface area contributed by atoms with E-state index in [-0.39, 0.29) is 0 Å². The minimum atomic E-state index is -1.51. The summed E-state index contributed by atoms with van der Waals surface area (Å²) in [6.07, 6.45) is 10.6. The average molecular weight is 430 g/mol. The average Bonchev–Trinajstić information content (AvgIpc) is 2.73. The maximum Gasteiger partial charge on any atom is 0.308 e. The van der Waals surface area contributed by atoms with Crippen LogP contribution in [0.25, 0.3) is 0 Å². The number of hydrogen-bond acceptors (Lipinski definition) is 4. The highest BCUT2D eigenvalue weighted by Gasteiger charge is 2.63. The third-order valence-electron chi connectivity index (χ3n) is 5.36. The molecular weight excluding hydrogens is 412 g/mol. The van der Waals surface area contributed by atoms with E-state index in [0.717, 1.165) is 0 Å². The zero-order valence-corrected chi connectivity index (χ0v) is 16.6. The molecule has 0 unspecified atom stereocenters. The number of terminal acetylenes is 2. The fourth-order valence-corrected chi connectivity index (χ4v) is 3.77. The SMILES string of the molecule is C#Cc1ccc(NC(=O)C2C(C(=O)O)C(C(=O)Nc3ccc(C#C)cc3)C2C(=O)O)cc1. The van der Waals surface area contributed by atoms with Gasteiger partial charge in [-0.05, 0) is 48.5 Å². The molecule has 0 aromatic heterocycles. The van der Waals surface area contributed by atoms with Gasteiger partial charge in [0, 0.05) is 22.5 Å². The molecule has 8 nitrogen and oxygen atoms in total. The van der Waals surface area contributed by atoms with Crippen molar-refractivity contribution in [2.24, 2.45) is 23.7 Å². The number of carbonyl (C=O) groups excluding carboxylic acids is 2. The van der Waals surface area contributed by atoms with E-state index in [1.807, 2.05) is 0 Å². The molecule has 1 fully saturated rings. The molecule has 8 heteroatoms. The maximum absolute atomic E-state index is 12.7. The monoisotopic (exact) mass is 430 g/mol. The number of aliphatic carboxylic acids is 2. The topological polar surface area (TPSA) is 133 Å². The first-order valence-corrected chi connectivity index (χ1v) is 9.47. The Hall–Kier alpha value is -4.56. The van der Waals surface area contributed by atoms with E-state index in [9.17, 15) is 29.4 Å². The summed E-state index contributed by atoms with van der Waals surface area (Å²) in [6, 6.07) is 12.3. The van der Waals surface area contributed by atoms with Crippen LogP contribution in [0.5, 0.6) is 0 Å². The Morgan fingerprint density at radius 1 is 0.625 bits per heavy atom. The molecule has 0 aliphatic heterocycles. The van der Waals surface area contributed by atoms with Gasteiger partial charge in [-0.15, -0.1) is 12.8 Å². The highest BCUT2D eigenvalue weighted by atomic mass is 16.4. The van der Waals surface area contributed by atoms with Crippen LogP contribution >= 0.6 is 0 Å². The molecule has 0 spiro atoms. The van der Waals surface area contributed by atoms with Crippen LogP contribution in [0.1, 0.15) is 11.1 Å². The zero-order valence-electron chi connectivity index (χ0n) is 16.6. The zero-order chi connectivity index (χ0) is 23.4. The Morgan fingerprint density at radius 3 is 1.19 bits per heavy atom. The van der Waals surface area contributed by atoms with Crippen molar-refractivity contribution in [3.8, 4) is 24.7 Å². The second kappa shape index (κ2) is 9.07. The number of anilines is 2. The molecular formula is C24H18N2O6. The summed E-state index contributed by atoms with van der Waals surface area (Å²) >= 11 is 0. The van der Waals surface area contributed by atoms with Crippen LogP contribution in [0.4, 0.5) is 11.4 Å². The largest absolute Gasteiger partial charge is 0.481 e. The van der Waals surface area contributed by atoms with Crippen LogP contribution in [0, 0.1) is 48.4 Å². The lowest BCUT2D eigenvalue weighted by atomic mass is 9.55. The second-order valence-corrected chi connectivity index (χ2v) is 7.20.